The molecule has 0 bridgehead atoms. The lowest BCUT2D eigenvalue weighted by Gasteiger charge is -2.21. The molecule has 6 nitrogen and oxygen atoms in total. The monoisotopic (exact) mass is 317 g/mol. The Morgan fingerprint density at radius 2 is 1.74 bits per heavy atom. The van der Waals surface area contributed by atoms with Crippen LogP contribution in [0.1, 0.15) is 36.8 Å². The van der Waals surface area contributed by atoms with Crippen LogP contribution in [0.25, 0.3) is 0 Å². The Balaban J connectivity index is 1.58. The Labute approximate surface area is 135 Å². The first-order valence-corrected chi connectivity index (χ1v) is 8.31. The molecule has 124 valence electrons. The molecule has 3 rings (SSSR count). The predicted molar refractivity (Wildman–Crippen MR) is 87.6 cm³/mol. The average molecular weight is 317 g/mol. The number of likely N-dealkylation sites (tertiary alicyclic amines) is 1. The van der Waals surface area contributed by atoms with Crippen LogP contribution < -0.4 is 10.6 Å². The maximum Gasteiger partial charge on any atom is 0.317 e. The van der Waals surface area contributed by atoms with Gasteiger partial charge in [-0.2, -0.15) is 0 Å². The molecule has 1 aliphatic carbocycles. The summed E-state index contributed by atoms with van der Waals surface area (Å²) < 4.78 is 0. The van der Waals surface area contributed by atoms with Crippen LogP contribution >= 0.6 is 0 Å². The van der Waals surface area contributed by atoms with Crippen LogP contribution in [0.15, 0.2) is 12.1 Å². The number of carbonyl (C=O) groups excluding carboxylic acids is 2. The highest BCUT2D eigenvalue weighted by atomic mass is 16.3. The number of anilines is 1. The summed E-state index contributed by atoms with van der Waals surface area (Å²) in [5, 5.41) is 15.5. The molecular weight excluding hydrogens is 294 g/mol. The number of nitrogens with one attached hydrogen (secondary N) is 2. The Hall–Kier alpha value is -2.24. The van der Waals surface area contributed by atoms with E-state index in [1.165, 1.54) is 0 Å². The number of urea groups is 1. The van der Waals surface area contributed by atoms with E-state index in [9.17, 15) is 14.7 Å². The number of hydrogen-bond donors (Lipinski definition) is 3. The van der Waals surface area contributed by atoms with Gasteiger partial charge in [0.15, 0.2) is 0 Å². The number of nitrogens with zero attached hydrogens (tertiary/aromatic N) is 1. The van der Waals surface area contributed by atoms with E-state index in [1.807, 2.05) is 0 Å². The molecule has 1 fully saturated rings. The fraction of sp³-hybridized carbons (Fsp3) is 0.529. The van der Waals surface area contributed by atoms with E-state index in [1.54, 1.807) is 17.0 Å². The summed E-state index contributed by atoms with van der Waals surface area (Å²) in [4.78, 5) is 25.7. The zero-order valence-corrected chi connectivity index (χ0v) is 13.2. The lowest BCUT2D eigenvalue weighted by Crippen LogP contribution is -2.41. The average Bonchev–Trinajstić information content (AvgIpc) is 3.10. The number of fused-ring (bicyclic) bond motifs is 1. The number of amides is 3. The van der Waals surface area contributed by atoms with Crippen molar-refractivity contribution in [1.29, 1.82) is 0 Å². The van der Waals surface area contributed by atoms with Gasteiger partial charge in [-0.05, 0) is 61.8 Å². The minimum Gasteiger partial charge on any atom is -0.508 e. The first kappa shape index (κ1) is 15.6. The summed E-state index contributed by atoms with van der Waals surface area (Å²) in [6.45, 7) is 1.49. The molecule has 1 aromatic rings. The van der Waals surface area contributed by atoms with Crippen molar-refractivity contribution in [2.45, 2.75) is 38.5 Å². The molecule has 0 unspecified atom stereocenters. The molecule has 1 saturated heterocycles. The fourth-order valence-electron chi connectivity index (χ4n) is 3.35. The first-order valence-electron chi connectivity index (χ1n) is 8.31. The number of rotatable bonds is 3. The van der Waals surface area contributed by atoms with Crippen molar-refractivity contribution in [2.24, 2.45) is 0 Å². The Morgan fingerprint density at radius 3 is 2.48 bits per heavy atom. The molecule has 23 heavy (non-hydrogen) atoms. The van der Waals surface area contributed by atoms with Crippen LogP contribution in [0.5, 0.6) is 5.75 Å². The van der Waals surface area contributed by atoms with Crippen molar-refractivity contribution >= 4 is 17.6 Å². The fourth-order valence-corrected chi connectivity index (χ4v) is 3.35. The summed E-state index contributed by atoms with van der Waals surface area (Å²) >= 11 is 0. The molecule has 3 N–H and O–H groups in total. The van der Waals surface area contributed by atoms with E-state index in [-0.39, 0.29) is 18.5 Å². The topological polar surface area (TPSA) is 81.7 Å². The van der Waals surface area contributed by atoms with Gasteiger partial charge in [0, 0.05) is 18.8 Å². The third-order valence-electron chi connectivity index (χ3n) is 4.58. The van der Waals surface area contributed by atoms with Crippen LogP contribution in [-0.2, 0) is 17.6 Å². The molecule has 0 atom stereocenters. The van der Waals surface area contributed by atoms with Crippen molar-refractivity contribution in [3.05, 3.63) is 23.3 Å². The van der Waals surface area contributed by atoms with Gasteiger partial charge in [0.1, 0.15) is 5.75 Å². The second-order valence-corrected chi connectivity index (χ2v) is 6.20. The van der Waals surface area contributed by atoms with E-state index in [2.05, 4.69) is 10.6 Å². The maximum atomic E-state index is 12.1. The smallest absolute Gasteiger partial charge is 0.317 e. The SMILES string of the molecule is O=C(CNC(=O)N1CCCC1)Nc1ccc(O)c2c1CCCC2. The predicted octanol–water partition coefficient (Wildman–Crippen LogP) is 2.01. The van der Waals surface area contributed by atoms with Crippen LogP contribution in [-0.4, -0.2) is 41.6 Å². The van der Waals surface area contributed by atoms with Crippen molar-refractivity contribution in [1.82, 2.24) is 10.2 Å². The lowest BCUT2D eigenvalue weighted by molar-refractivity contribution is -0.115. The van der Waals surface area contributed by atoms with Gasteiger partial charge in [0.05, 0.1) is 6.54 Å². The van der Waals surface area contributed by atoms with Crippen molar-refractivity contribution < 1.29 is 14.7 Å². The molecule has 0 spiro atoms. The van der Waals surface area contributed by atoms with E-state index >= 15 is 0 Å². The standard InChI is InChI=1S/C17H23N3O3/c21-15-8-7-14(12-5-1-2-6-13(12)15)19-16(22)11-18-17(23)20-9-3-4-10-20/h7-8,21H,1-6,9-11H2,(H,18,23)(H,19,22). The number of phenolic OH excluding ortho intramolecular Hbond substituents is 1. The van der Waals surface area contributed by atoms with Gasteiger partial charge in [-0.25, -0.2) is 4.79 Å². The number of aromatic hydroxyl groups is 1. The van der Waals surface area contributed by atoms with Crippen LogP contribution in [0.4, 0.5) is 10.5 Å². The van der Waals surface area contributed by atoms with Gasteiger partial charge >= 0.3 is 6.03 Å². The highest BCUT2D eigenvalue weighted by Gasteiger charge is 2.20. The van der Waals surface area contributed by atoms with E-state index in [4.69, 9.17) is 0 Å². The normalized spacial score (nSPS) is 16.8. The summed E-state index contributed by atoms with van der Waals surface area (Å²) in [6.07, 6.45) is 5.88. The molecule has 1 aliphatic heterocycles. The highest BCUT2D eigenvalue weighted by Crippen LogP contribution is 2.34. The zero-order chi connectivity index (χ0) is 16.2. The molecule has 0 radical (unpaired) electrons. The number of hydrogen-bond acceptors (Lipinski definition) is 3. The largest absolute Gasteiger partial charge is 0.508 e. The molecule has 0 aromatic heterocycles. The van der Waals surface area contributed by atoms with Crippen molar-refractivity contribution in [3.8, 4) is 5.75 Å². The van der Waals surface area contributed by atoms with Gasteiger partial charge in [0.25, 0.3) is 0 Å². The molecule has 2 aliphatic rings. The Bertz CT molecular complexity index is 609. The minimum absolute atomic E-state index is 0.0367. The lowest BCUT2D eigenvalue weighted by atomic mass is 9.89. The maximum absolute atomic E-state index is 12.1. The van der Waals surface area contributed by atoms with E-state index in [0.717, 1.165) is 68.4 Å². The van der Waals surface area contributed by atoms with Gasteiger partial charge in [-0.3, -0.25) is 4.79 Å². The Morgan fingerprint density at radius 1 is 1.04 bits per heavy atom. The van der Waals surface area contributed by atoms with Gasteiger partial charge in [-0.15, -0.1) is 0 Å². The molecule has 3 amide bonds. The van der Waals surface area contributed by atoms with Crippen molar-refractivity contribution in [2.75, 3.05) is 25.0 Å². The highest BCUT2D eigenvalue weighted by molar-refractivity contribution is 5.95. The third-order valence-corrected chi connectivity index (χ3v) is 4.58. The molecular formula is C17H23N3O3. The van der Waals surface area contributed by atoms with Gasteiger partial charge in [-0.1, -0.05) is 0 Å². The third kappa shape index (κ3) is 3.57. The minimum atomic E-state index is -0.240. The van der Waals surface area contributed by atoms with Gasteiger partial charge in [0.2, 0.25) is 5.91 Å². The summed E-state index contributed by atoms with van der Waals surface area (Å²) in [6, 6.07) is 3.19. The quantitative estimate of drug-likeness (QED) is 0.746. The molecule has 1 heterocycles. The van der Waals surface area contributed by atoms with Crippen LogP contribution in [0.3, 0.4) is 0 Å². The van der Waals surface area contributed by atoms with Gasteiger partial charge < -0.3 is 20.6 Å². The Kier molecular flexibility index (Phi) is 4.69. The molecule has 0 saturated carbocycles. The van der Waals surface area contributed by atoms with E-state index < -0.39 is 0 Å². The van der Waals surface area contributed by atoms with Crippen LogP contribution in [0, 0.1) is 0 Å². The summed E-state index contributed by atoms with van der Waals surface area (Å²) in [5.41, 5.74) is 2.71. The summed E-state index contributed by atoms with van der Waals surface area (Å²) in [7, 11) is 0. The van der Waals surface area contributed by atoms with E-state index in [0.29, 0.717) is 5.75 Å². The summed E-state index contributed by atoms with van der Waals surface area (Å²) in [5.74, 6) is 0.0658. The molecule has 6 heteroatoms. The number of benzene rings is 1. The second kappa shape index (κ2) is 6.89. The zero-order valence-electron chi connectivity index (χ0n) is 13.2. The van der Waals surface area contributed by atoms with Crippen LogP contribution in [0.2, 0.25) is 0 Å². The number of carbonyl (C=O) groups is 2. The molecule has 1 aromatic carbocycles. The number of phenols is 1. The van der Waals surface area contributed by atoms with Crippen molar-refractivity contribution in [3.63, 3.8) is 0 Å². The first-order chi connectivity index (χ1) is 11.1. The second-order valence-electron chi connectivity index (χ2n) is 6.20.